The molecule has 2 heterocycles. The molecule has 18 nitrogen and oxygen atoms in total. The maximum atomic E-state index is 14.4. The fourth-order valence-corrected chi connectivity index (χ4v) is 17.0. The molecule has 4 aromatic rings. The van der Waals surface area contributed by atoms with Gasteiger partial charge in [0.05, 0.1) is 56.2 Å². The number of hydrogen-bond acceptors (Lipinski definition) is 15. The van der Waals surface area contributed by atoms with E-state index in [1.165, 1.54) is 12.8 Å². The molecule has 2 aliphatic heterocycles. The lowest BCUT2D eigenvalue weighted by atomic mass is 9.45. The number of hydroxylamine groups is 4. The molecular formula is C72H104BrN7O11. The molecule has 0 unspecified atom stereocenters. The van der Waals surface area contributed by atoms with Crippen LogP contribution < -0.4 is 30.3 Å². The Morgan fingerprint density at radius 2 is 1.18 bits per heavy atom. The number of amides is 3. The van der Waals surface area contributed by atoms with Gasteiger partial charge in [0.15, 0.2) is 0 Å². The molecule has 12 rings (SSSR count). The molecule has 3 amide bonds. The van der Waals surface area contributed by atoms with Crippen molar-refractivity contribution in [2.24, 2.45) is 58.2 Å². The van der Waals surface area contributed by atoms with E-state index >= 15 is 0 Å². The minimum absolute atomic E-state index is 0.0353. The van der Waals surface area contributed by atoms with Crippen LogP contribution in [0.3, 0.4) is 0 Å². The van der Waals surface area contributed by atoms with E-state index in [4.69, 9.17) is 19.1 Å². The van der Waals surface area contributed by atoms with Gasteiger partial charge >= 0.3 is 0 Å². The average Bonchev–Trinajstić information content (AvgIpc) is 1.39. The molecule has 7 N–H and O–H groups in total. The summed E-state index contributed by atoms with van der Waals surface area (Å²) in [5, 5.41) is 55.2. The minimum Gasteiger partial charge on any atom is -0.493 e. The summed E-state index contributed by atoms with van der Waals surface area (Å²) in [4.78, 5) is 58.6. The number of nitrogens with zero attached hydrogens (tertiary/aromatic N) is 4. The molecule has 0 spiro atoms. The number of ether oxygens (including phenoxy) is 2. The van der Waals surface area contributed by atoms with Gasteiger partial charge in [0.1, 0.15) is 35.8 Å². The molecule has 19 heteroatoms. The van der Waals surface area contributed by atoms with E-state index in [0.717, 1.165) is 50.8 Å². The largest absolute Gasteiger partial charge is 0.493 e. The van der Waals surface area contributed by atoms with Crippen molar-refractivity contribution >= 4 is 39.3 Å². The van der Waals surface area contributed by atoms with Crippen LogP contribution in [0.4, 0.5) is 5.69 Å². The third-order valence-corrected chi connectivity index (χ3v) is 22.4. The van der Waals surface area contributed by atoms with Crippen LogP contribution >= 0.6 is 15.9 Å². The van der Waals surface area contributed by atoms with Crippen molar-refractivity contribution in [1.29, 1.82) is 0 Å². The van der Waals surface area contributed by atoms with Gasteiger partial charge in [-0.1, -0.05) is 102 Å². The van der Waals surface area contributed by atoms with E-state index < -0.39 is 48.3 Å². The average molecular weight is 1320 g/mol. The Bertz CT molecular complexity index is 3130. The normalized spacial score (nSPS) is 29.8. The highest BCUT2D eigenvalue weighted by atomic mass is 79.9. The fraction of sp³-hybridized carbons (Fsp3) is 0.625. The topological polar surface area (TPSA) is 218 Å². The predicted molar refractivity (Wildman–Crippen MR) is 358 cm³/mol. The van der Waals surface area contributed by atoms with Gasteiger partial charge in [0.25, 0.3) is 5.91 Å². The number of halogens is 1. The van der Waals surface area contributed by atoms with Gasteiger partial charge in [-0.15, -0.1) is 0 Å². The molecule has 8 fully saturated rings. The number of para-hydroxylation sites is 2. The monoisotopic (exact) mass is 1320 g/mol. The summed E-state index contributed by atoms with van der Waals surface area (Å²) in [6.07, 6.45) is 1.92. The first kappa shape index (κ1) is 70.1. The lowest BCUT2D eigenvalue weighted by Crippen LogP contribution is -2.62. The number of benzene rings is 4. The van der Waals surface area contributed by atoms with Crippen LogP contribution in [0.15, 0.2) is 89.4 Å². The standard InChI is InChI=1S/C46H65N5O6.C26H39BrN2O5/c1-10-56-43-31(25-51-42(41(29(3)53)40(27-52)57-51)45(55)48-39-24-34-23-38(28(39)2)46(34,4)5)17-14-18-37(43)32-20-33(22-36(21-32)50(8)9)44(54)47-35(26-49(6)7)19-30-15-12-11-13-16-30;1-6-33-24-16(8-7-9-19(24)27)12-29-23(22(15(3)31)21(13-30)34-29)25(32)28-20-11-17-10-18(14(20)2)26(17,4)5/h11-18,20-22,28-29,34-35,38-42,52-53H,10,19,23-27H2,1-9H3,(H,47,54)(H,48,55);7-9,14-15,17-18,20-23,30-31H,6,10-13H2,1-5H3,(H,28,32)/t28-,29-,34+,35-,38-,39-,40-,41+,42-;14-,15-,17+,18-,20-,21-,22+,23-/m00/s1. The lowest BCUT2D eigenvalue weighted by molar-refractivity contribution is -0.183. The third kappa shape index (κ3) is 15.0. The van der Waals surface area contributed by atoms with E-state index in [0.29, 0.717) is 90.7 Å². The van der Waals surface area contributed by atoms with Crippen LogP contribution in [0.25, 0.3) is 11.1 Å². The highest BCUT2D eigenvalue weighted by molar-refractivity contribution is 9.10. The molecule has 6 saturated carbocycles. The number of aliphatic hydroxyl groups excluding tert-OH is 4. The van der Waals surface area contributed by atoms with E-state index in [9.17, 15) is 34.8 Å². The van der Waals surface area contributed by atoms with Crippen molar-refractivity contribution in [3.8, 4) is 22.6 Å². The van der Waals surface area contributed by atoms with Crippen LogP contribution in [0.5, 0.6) is 11.5 Å². The number of rotatable bonds is 24. The van der Waals surface area contributed by atoms with Gasteiger partial charge in [0.2, 0.25) is 11.8 Å². The molecule has 4 aromatic carbocycles. The predicted octanol–water partition coefficient (Wildman–Crippen LogP) is 8.89. The summed E-state index contributed by atoms with van der Waals surface area (Å²) in [6, 6.07) is 26.2. The van der Waals surface area contributed by atoms with Gasteiger partial charge in [-0.25, -0.2) is 0 Å². The Labute approximate surface area is 549 Å². The van der Waals surface area contributed by atoms with Gasteiger partial charge < -0.3 is 55.7 Å². The molecule has 0 radical (unpaired) electrons. The third-order valence-electron chi connectivity index (χ3n) is 21.8. The van der Waals surface area contributed by atoms with Crippen molar-refractivity contribution in [3.05, 3.63) is 112 Å². The molecule has 8 aliphatic rings. The SMILES string of the molecule is CCOc1c(Br)cccc1CN1O[C@@H](CO)[C@@H]([C@H](C)O)[C@H]1C(=O)N[C@H]1C[C@H]2C[C@@H]([C@@H]1C)C2(C)C.CCOc1c(CN2O[C@@H](CO)[C@@H]([C@H](C)O)[C@H]2C(=O)N[C@H]2C[C@H]3C[C@@H]([C@@H]2C)C3(C)C)cccc1-c1cc(C(=O)N[C@@H](Cc2ccccc2)CN(C)C)cc(N(C)C)c1. The summed E-state index contributed by atoms with van der Waals surface area (Å²) in [7, 11) is 7.92. The summed E-state index contributed by atoms with van der Waals surface area (Å²) < 4.78 is 13.1. The second kappa shape index (κ2) is 29.6. The number of carbonyl (C=O) groups is 3. The van der Waals surface area contributed by atoms with Gasteiger partial charge in [-0.2, -0.15) is 10.1 Å². The molecule has 2 saturated heterocycles. The number of hydrogen-bond donors (Lipinski definition) is 7. The van der Waals surface area contributed by atoms with Crippen molar-refractivity contribution in [2.75, 3.05) is 66.1 Å². The molecule has 6 aliphatic carbocycles. The van der Waals surface area contributed by atoms with Crippen LogP contribution in [-0.2, 0) is 38.8 Å². The second-order valence-corrected chi connectivity index (χ2v) is 29.5. The van der Waals surface area contributed by atoms with Crippen LogP contribution in [-0.4, -0.2) is 169 Å². The second-order valence-electron chi connectivity index (χ2n) is 28.6. The number of likely N-dealkylation sites (N-methyl/N-ethyl adjacent to an activating group) is 1. The van der Waals surface area contributed by atoms with Gasteiger partial charge in [-0.3, -0.25) is 24.1 Å². The molecular weight excluding hydrogens is 1220 g/mol. The first-order chi connectivity index (χ1) is 43.2. The zero-order chi connectivity index (χ0) is 66.0. The van der Waals surface area contributed by atoms with Gasteiger partial charge in [0, 0.05) is 78.5 Å². The first-order valence-electron chi connectivity index (χ1n) is 33.2. The Morgan fingerprint density at radius 1 is 0.681 bits per heavy atom. The number of anilines is 1. The summed E-state index contributed by atoms with van der Waals surface area (Å²) in [5.41, 5.74) is 6.41. The zero-order valence-electron chi connectivity index (χ0n) is 56.2. The minimum atomic E-state index is -0.903. The Hall–Kier alpha value is -5.19. The smallest absolute Gasteiger partial charge is 0.251 e. The first-order valence-corrected chi connectivity index (χ1v) is 34.0. The van der Waals surface area contributed by atoms with Crippen molar-refractivity contribution < 1.29 is 54.0 Å². The van der Waals surface area contributed by atoms with E-state index in [1.807, 2.05) is 120 Å². The molecule has 0 aromatic heterocycles. The molecule has 91 heavy (non-hydrogen) atoms. The highest BCUT2D eigenvalue weighted by Crippen LogP contribution is 2.62. The quantitative estimate of drug-likeness (QED) is 0.0349. The lowest BCUT2D eigenvalue weighted by Gasteiger charge is -2.62. The maximum Gasteiger partial charge on any atom is 0.251 e. The van der Waals surface area contributed by atoms with Crippen LogP contribution in [0, 0.1) is 58.2 Å². The zero-order valence-corrected chi connectivity index (χ0v) is 57.8. The Kier molecular flexibility index (Phi) is 22.8. The highest BCUT2D eigenvalue weighted by Gasteiger charge is 2.59. The molecule has 17 atom stereocenters. The molecule has 4 bridgehead atoms. The maximum absolute atomic E-state index is 14.4. The Balaban J connectivity index is 0.000000245. The number of nitrogens with one attached hydrogen (secondary N) is 3. The van der Waals surface area contributed by atoms with E-state index in [1.54, 1.807) is 24.0 Å². The van der Waals surface area contributed by atoms with Crippen LogP contribution in [0.1, 0.15) is 122 Å². The molecule has 500 valence electrons. The van der Waals surface area contributed by atoms with Crippen molar-refractivity contribution in [1.82, 2.24) is 31.0 Å². The van der Waals surface area contributed by atoms with Crippen molar-refractivity contribution in [3.63, 3.8) is 0 Å². The number of aliphatic hydroxyl groups is 4. The van der Waals surface area contributed by atoms with Gasteiger partial charge in [-0.05, 0) is 172 Å². The number of carbonyl (C=O) groups excluding carboxylic acids is 3. The fourth-order valence-electron chi connectivity index (χ4n) is 16.5. The number of fused-ring (bicyclic) bond motifs is 4. The van der Waals surface area contributed by atoms with Crippen LogP contribution in [0.2, 0.25) is 0 Å². The summed E-state index contributed by atoms with van der Waals surface area (Å²) in [5.74, 6) is 2.71. The summed E-state index contributed by atoms with van der Waals surface area (Å²) in [6.45, 7) is 22.5. The summed E-state index contributed by atoms with van der Waals surface area (Å²) >= 11 is 3.55. The van der Waals surface area contributed by atoms with Crippen molar-refractivity contribution in [2.45, 2.75) is 169 Å². The Morgan fingerprint density at radius 3 is 1.63 bits per heavy atom. The van der Waals surface area contributed by atoms with E-state index in [-0.39, 0.29) is 61.0 Å². The van der Waals surface area contributed by atoms with E-state index in [2.05, 4.69) is 90.5 Å².